The molecule has 0 spiro atoms. The fraction of sp³-hybridized carbons (Fsp3) is 0.692. The molecule has 0 aliphatic heterocycles. The lowest BCUT2D eigenvalue weighted by Crippen LogP contribution is -2.29. The Balaban J connectivity index is 2.85. The Morgan fingerprint density at radius 1 is 1.50 bits per heavy atom. The smallest absolute Gasteiger partial charge is 0.303 e. The van der Waals surface area contributed by atoms with E-state index >= 15 is 0 Å². The van der Waals surface area contributed by atoms with Gasteiger partial charge in [-0.2, -0.15) is 23.5 Å². The van der Waals surface area contributed by atoms with E-state index in [4.69, 9.17) is 5.26 Å². The molecule has 1 atom stereocenters. The van der Waals surface area contributed by atoms with Gasteiger partial charge in [-0.1, -0.05) is 6.92 Å². The van der Waals surface area contributed by atoms with Gasteiger partial charge >= 0.3 is 6.18 Å². The fourth-order valence-electron chi connectivity index (χ4n) is 2.07. The molecule has 0 fully saturated rings. The Hall–Kier alpha value is -1.55. The number of hydrogen-bond acceptors (Lipinski definition) is 3. The molecule has 0 radical (unpaired) electrons. The highest BCUT2D eigenvalue weighted by molar-refractivity contribution is 5.12. The molecule has 0 aliphatic rings. The van der Waals surface area contributed by atoms with Crippen LogP contribution in [-0.2, 0) is 6.18 Å². The van der Waals surface area contributed by atoms with E-state index in [0.29, 0.717) is 31.6 Å². The lowest BCUT2D eigenvalue weighted by molar-refractivity contribution is -0.141. The first-order valence-corrected chi connectivity index (χ1v) is 6.48. The summed E-state index contributed by atoms with van der Waals surface area (Å²) in [5.41, 5.74) is -0.356. The van der Waals surface area contributed by atoms with E-state index < -0.39 is 11.9 Å². The second kappa shape index (κ2) is 6.75. The zero-order chi connectivity index (χ0) is 15.3. The molecule has 1 aromatic rings. The molecule has 1 heterocycles. The van der Waals surface area contributed by atoms with E-state index in [1.54, 1.807) is 6.92 Å². The Morgan fingerprint density at radius 3 is 2.60 bits per heavy atom. The van der Waals surface area contributed by atoms with Crippen LogP contribution in [0.15, 0.2) is 6.07 Å². The van der Waals surface area contributed by atoms with Crippen LogP contribution in [0.2, 0.25) is 0 Å². The number of halogens is 3. The molecule has 0 saturated carbocycles. The van der Waals surface area contributed by atoms with Gasteiger partial charge in [0.15, 0.2) is 5.69 Å². The minimum absolute atomic E-state index is 0.130. The Labute approximate surface area is 116 Å². The van der Waals surface area contributed by atoms with Crippen LogP contribution < -0.4 is 0 Å². The summed E-state index contributed by atoms with van der Waals surface area (Å²) in [6, 6.07) is 2.99. The third-order valence-corrected chi connectivity index (χ3v) is 3.16. The molecule has 0 bridgehead atoms. The van der Waals surface area contributed by atoms with Crippen LogP contribution in [-0.4, -0.2) is 34.8 Å². The molecule has 1 unspecified atom stereocenters. The van der Waals surface area contributed by atoms with E-state index in [1.165, 1.54) is 4.68 Å². The van der Waals surface area contributed by atoms with Crippen LogP contribution in [0.25, 0.3) is 0 Å². The third-order valence-electron chi connectivity index (χ3n) is 3.16. The van der Waals surface area contributed by atoms with E-state index in [1.807, 2.05) is 18.9 Å². The van der Waals surface area contributed by atoms with Crippen LogP contribution in [0.4, 0.5) is 13.2 Å². The summed E-state index contributed by atoms with van der Waals surface area (Å²) >= 11 is 0. The minimum Gasteiger partial charge on any atom is -0.303 e. The van der Waals surface area contributed by atoms with Crippen LogP contribution in [0.5, 0.6) is 0 Å². The molecule has 0 aliphatic carbocycles. The monoisotopic (exact) mass is 288 g/mol. The highest BCUT2D eigenvalue weighted by Crippen LogP contribution is 2.29. The van der Waals surface area contributed by atoms with E-state index in [2.05, 4.69) is 11.2 Å². The highest BCUT2D eigenvalue weighted by atomic mass is 19.4. The first-order valence-electron chi connectivity index (χ1n) is 6.48. The topological polar surface area (TPSA) is 44.9 Å². The zero-order valence-electron chi connectivity index (χ0n) is 11.9. The normalized spacial score (nSPS) is 13.5. The Bertz CT molecular complexity index is 473. The molecule has 0 saturated heterocycles. The number of rotatable bonds is 6. The molecular weight excluding hydrogens is 269 g/mol. The van der Waals surface area contributed by atoms with Crippen molar-refractivity contribution in [2.45, 2.75) is 38.9 Å². The number of aryl methyl sites for hydroxylation is 1. The largest absolute Gasteiger partial charge is 0.435 e. The Kier molecular flexibility index (Phi) is 5.57. The van der Waals surface area contributed by atoms with Crippen molar-refractivity contribution in [1.29, 1.82) is 5.26 Å². The van der Waals surface area contributed by atoms with Crippen molar-refractivity contribution in [1.82, 2.24) is 14.7 Å². The van der Waals surface area contributed by atoms with Crippen molar-refractivity contribution >= 4 is 0 Å². The molecule has 0 aromatic carbocycles. The number of nitriles is 1. The number of hydrogen-bond donors (Lipinski definition) is 0. The van der Waals surface area contributed by atoms with Crippen LogP contribution in [0.1, 0.15) is 37.2 Å². The van der Waals surface area contributed by atoms with Gasteiger partial charge in [0.2, 0.25) is 0 Å². The standard InChI is InChI=1S/C13H19F3N4/c1-4-11(9-19(3)7-5-6-17)20-10(2)8-12(18-20)13(14,15)16/h8,11H,4-5,7,9H2,1-3H3. The van der Waals surface area contributed by atoms with Gasteiger partial charge in [-0.3, -0.25) is 4.68 Å². The van der Waals surface area contributed by atoms with Gasteiger partial charge in [-0.05, 0) is 26.5 Å². The van der Waals surface area contributed by atoms with Gasteiger partial charge in [0.1, 0.15) is 0 Å². The van der Waals surface area contributed by atoms with Crippen LogP contribution in [0.3, 0.4) is 0 Å². The lowest BCUT2D eigenvalue weighted by atomic mass is 10.2. The predicted molar refractivity (Wildman–Crippen MR) is 69.0 cm³/mol. The lowest BCUT2D eigenvalue weighted by Gasteiger charge is -2.23. The SMILES string of the molecule is CCC(CN(C)CCC#N)n1nc(C(F)(F)F)cc1C. The first-order chi connectivity index (χ1) is 9.29. The third kappa shape index (κ3) is 4.23. The van der Waals surface area contributed by atoms with Crippen molar-refractivity contribution in [3.8, 4) is 6.07 Å². The molecule has 20 heavy (non-hydrogen) atoms. The number of alkyl halides is 3. The van der Waals surface area contributed by atoms with Gasteiger partial charge in [0.05, 0.1) is 12.1 Å². The predicted octanol–water partition coefficient (Wildman–Crippen LogP) is 3.01. The molecule has 1 rings (SSSR count). The summed E-state index contributed by atoms with van der Waals surface area (Å²) in [5, 5.41) is 12.2. The van der Waals surface area contributed by atoms with Gasteiger partial charge < -0.3 is 4.90 Å². The molecule has 112 valence electrons. The quantitative estimate of drug-likeness (QED) is 0.808. The van der Waals surface area contributed by atoms with Gasteiger partial charge in [-0.25, -0.2) is 0 Å². The second-order valence-corrected chi connectivity index (χ2v) is 4.85. The minimum atomic E-state index is -4.42. The summed E-state index contributed by atoms with van der Waals surface area (Å²) in [6.07, 6.45) is -3.34. The fourth-order valence-corrected chi connectivity index (χ4v) is 2.07. The van der Waals surface area contributed by atoms with Gasteiger partial charge in [-0.15, -0.1) is 0 Å². The van der Waals surface area contributed by atoms with Crippen LogP contribution >= 0.6 is 0 Å². The molecule has 0 amide bonds. The number of aromatic nitrogens is 2. The molecular formula is C13H19F3N4. The molecule has 4 nitrogen and oxygen atoms in total. The second-order valence-electron chi connectivity index (χ2n) is 4.85. The maximum atomic E-state index is 12.7. The van der Waals surface area contributed by atoms with Crippen molar-refractivity contribution in [2.75, 3.05) is 20.1 Å². The zero-order valence-corrected chi connectivity index (χ0v) is 11.9. The first kappa shape index (κ1) is 16.5. The summed E-state index contributed by atoms with van der Waals surface area (Å²) in [7, 11) is 1.85. The average molecular weight is 288 g/mol. The van der Waals surface area contributed by atoms with Gasteiger partial charge in [0.25, 0.3) is 0 Å². The highest BCUT2D eigenvalue weighted by Gasteiger charge is 2.35. The van der Waals surface area contributed by atoms with Crippen molar-refractivity contribution in [3.05, 3.63) is 17.5 Å². The number of nitrogens with zero attached hydrogens (tertiary/aromatic N) is 4. The summed E-state index contributed by atoms with van der Waals surface area (Å²) in [5.74, 6) is 0. The average Bonchev–Trinajstić information content (AvgIpc) is 2.75. The van der Waals surface area contributed by atoms with Crippen molar-refractivity contribution in [2.24, 2.45) is 0 Å². The Morgan fingerprint density at radius 2 is 2.15 bits per heavy atom. The molecule has 1 aromatic heterocycles. The van der Waals surface area contributed by atoms with E-state index in [0.717, 1.165) is 6.07 Å². The van der Waals surface area contributed by atoms with Gasteiger partial charge in [0, 0.05) is 25.2 Å². The van der Waals surface area contributed by atoms with Crippen molar-refractivity contribution in [3.63, 3.8) is 0 Å². The summed E-state index contributed by atoms with van der Waals surface area (Å²) in [6.45, 7) is 4.70. The number of likely N-dealkylation sites (N-methyl/N-ethyl adjacent to an activating group) is 1. The maximum absolute atomic E-state index is 12.7. The maximum Gasteiger partial charge on any atom is 0.435 e. The van der Waals surface area contributed by atoms with Crippen molar-refractivity contribution < 1.29 is 13.2 Å². The molecule has 0 N–H and O–H groups in total. The van der Waals surface area contributed by atoms with Crippen LogP contribution in [0, 0.1) is 18.3 Å². The molecule has 7 heteroatoms. The van der Waals surface area contributed by atoms with E-state index in [-0.39, 0.29) is 6.04 Å². The summed E-state index contributed by atoms with van der Waals surface area (Å²) in [4.78, 5) is 1.94. The van der Waals surface area contributed by atoms with E-state index in [9.17, 15) is 13.2 Å². The summed E-state index contributed by atoms with van der Waals surface area (Å²) < 4.78 is 39.4.